The molecule has 0 saturated heterocycles. The standard InChI is InChI=1S/C14H14ClNO3S/c1-16(2)11-4-3-5-13(10-11)19-12-6-8-14(9-7-12)20(15,17)18/h3-10H,1-2H3. The van der Waals surface area contributed by atoms with Crippen LogP contribution in [0.3, 0.4) is 0 Å². The Labute approximate surface area is 123 Å². The minimum atomic E-state index is -3.70. The summed E-state index contributed by atoms with van der Waals surface area (Å²) >= 11 is 0. The second kappa shape index (κ2) is 5.73. The van der Waals surface area contributed by atoms with E-state index in [0.29, 0.717) is 11.5 Å². The van der Waals surface area contributed by atoms with Crippen LogP contribution in [0.1, 0.15) is 0 Å². The molecule has 0 unspecified atom stereocenters. The van der Waals surface area contributed by atoms with Crippen molar-refractivity contribution in [1.82, 2.24) is 0 Å². The highest BCUT2D eigenvalue weighted by molar-refractivity contribution is 8.13. The van der Waals surface area contributed by atoms with Gasteiger partial charge < -0.3 is 9.64 Å². The predicted molar refractivity (Wildman–Crippen MR) is 80.3 cm³/mol. The van der Waals surface area contributed by atoms with Crippen molar-refractivity contribution in [3.63, 3.8) is 0 Å². The van der Waals surface area contributed by atoms with Crippen LogP contribution in [0.2, 0.25) is 0 Å². The monoisotopic (exact) mass is 311 g/mol. The number of halogens is 1. The van der Waals surface area contributed by atoms with E-state index in [9.17, 15) is 8.42 Å². The van der Waals surface area contributed by atoms with E-state index in [0.717, 1.165) is 5.69 Å². The highest BCUT2D eigenvalue weighted by atomic mass is 35.7. The van der Waals surface area contributed by atoms with Crippen LogP contribution in [0.5, 0.6) is 11.5 Å². The molecule has 106 valence electrons. The molecule has 2 aromatic carbocycles. The van der Waals surface area contributed by atoms with Crippen molar-refractivity contribution in [2.75, 3.05) is 19.0 Å². The van der Waals surface area contributed by atoms with Gasteiger partial charge in [0.05, 0.1) is 4.90 Å². The molecule has 0 aliphatic carbocycles. The van der Waals surface area contributed by atoms with Gasteiger partial charge in [-0.3, -0.25) is 0 Å². The van der Waals surface area contributed by atoms with Crippen LogP contribution in [0.15, 0.2) is 53.4 Å². The number of rotatable bonds is 4. The molecule has 2 rings (SSSR count). The van der Waals surface area contributed by atoms with Crippen molar-refractivity contribution in [2.24, 2.45) is 0 Å². The Morgan fingerprint density at radius 2 is 1.65 bits per heavy atom. The largest absolute Gasteiger partial charge is 0.457 e. The predicted octanol–water partition coefficient (Wildman–Crippen LogP) is 3.47. The number of hydrogen-bond donors (Lipinski definition) is 0. The lowest BCUT2D eigenvalue weighted by Crippen LogP contribution is -2.08. The average molecular weight is 312 g/mol. The summed E-state index contributed by atoms with van der Waals surface area (Å²) in [5.41, 5.74) is 1.02. The first-order valence-corrected chi connectivity index (χ1v) is 8.17. The van der Waals surface area contributed by atoms with Gasteiger partial charge in [-0.05, 0) is 36.4 Å². The molecule has 0 aliphatic heterocycles. The SMILES string of the molecule is CN(C)c1cccc(Oc2ccc(S(=O)(=O)Cl)cc2)c1. The molecule has 0 N–H and O–H groups in total. The van der Waals surface area contributed by atoms with Gasteiger partial charge in [0.25, 0.3) is 9.05 Å². The van der Waals surface area contributed by atoms with E-state index >= 15 is 0 Å². The van der Waals surface area contributed by atoms with Crippen LogP contribution >= 0.6 is 10.7 Å². The molecule has 0 saturated carbocycles. The molecule has 0 aromatic heterocycles. The maximum Gasteiger partial charge on any atom is 0.261 e. The summed E-state index contributed by atoms with van der Waals surface area (Å²) < 4.78 is 28.0. The summed E-state index contributed by atoms with van der Waals surface area (Å²) in [6.45, 7) is 0. The smallest absolute Gasteiger partial charge is 0.261 e. The van der Waals surface area contributed by atoms with Gasteiger partial charge in [0.2, 0.25) is 0 Å². The van der Waals surface area contributed by atoms with Crippen molar-refractivity contribution in [3.05, 3.63) is 48.5 Å². The van der Waals surface area contributed by atoms with Crippen molar-refractivity contribution in [3.8, 4) is 11.5 Å². The molecule has 4 nitrogen and oxygen atoms in total. The Balaban J connectivity index is 2.20. The van der Waals surface area contributed by atoms with Crippen molar-refractivity contribution in [1.29, 1.82) is 0 Å². The third-order valence-corrected chi connectivity index (χ3v) is 4.04. The molecule has 6 heteroatoms. The summed E-state index contributed by atoms with van der Waals surface area (Å²) in [5.74, 6) is 1.22. The fourth-order valence-electron chi connectivity index (χ4n) is 1.63. The average Bonchev–Trinajstić information content (AvgIpc) is 2.38. The summed E-state index contributed by atoms with van der Waals surface area (Å²) in [4.78, 5) is 2.02. The summed E-state index contributed by atoms with van der Waals surface area (Å²) in [6, 6.07) is 13.5. The maximum absolute atomic E-state index is 11.1. The van der Waals surface area contributed by atoms with Gasteiger partial charge in [-0.15, -0.1) is 0 Å². The first-order chi connectivity index (χ1) is 9.36. The number of benzene rings is 2. The van der Waals surface area contributed by atoms with Gasteiger partial charge in [-0.2, -0.15) is 0 Å². The minimum Gasteiger partial charge on any atom is -0.457 e. The normalized spacial score (nSPS) is 11.2. The van der Waals surface area contributed by atoms with Gasteiger partial charge in [-0.25, -0.2) is 8.42 Å². The van der Waals surface area contributed by atoms with E-state index in [4.69, 9.17) is 15.4 Å². The van der Waals surface area contributed by atoms with E-state index < -0.39 is 9.05 Å². The van der Waals surface area contributed by atoms with Gasteiger partial charge in [0, 0.05) is 36.5 Å². The van der Waals surface area contributed by atoms with Crippen molar-refractivity contribution < 1.29 is 13.2 Å². The number of nitrogens with zero attached hydrogens (tertiary/aromatic N) is 1. The third-order valence-electron chi connectivity index (χ3n) is 2.67. The van der Waals surface area contributed by atoms with Crippen LogP contribution < -0.4 is 9.64 Å². The lowest BCUT2D eigenvalue weighted by Gasteiger charge is -2.14. The molecule has 0 heterocycles. The minimum absolute atomic E-state index is 0.0496. The third kappa shape index (κ3) is 3.65. The molecule has 2 aromatic rings. The molecule has 0 fully saturated rings. The number of ether oxygens (including phenoxy) is 1. The zero-order chi connectivity index (χ0) is 14.8. The van der Waals surface area contributed by atoms with E-state index in [-0.39, 0.29) is 4.90 Å². The van der Waals surface area contributed by atoms with E-state index in [1.807, 2.05) is 43.3 Å². The molecule has 0 radical (unpaired) electrons. The quantitative estimate of drug-likeness (QED) is 0.811. The molecular formula is C14H14ClNO3S. The summed E-state index contributed by atoms with van der Waals surface area (Å²) in [5, 5.41) is 0. The molecule has 0 amide bonds. The van der Waals surface area contributed by atoms with Crippen LogP contribution in [-0.4, -0.2) is 22.5 Å². The Bertz CT molecular complexity index is 697. The van der Waals surface area contributed by atoms with E-state index in [1.165, 1.54) is 12.1 Å². The van der Waals surface area contributed by atoms with Crippen LogP contribution in [0.4, 0.5) is 5.69 Å². The number of hydrogen-bond acceptors (Lipinski definition) is 4. The Kier molecular flexibility index (Phi) is 4.20. The molecule has 0 bridgehead atoms. The fraction of sp³-hybridized carbons (Fsp3) is 0.143. The first-order valence-electron chi connectivity index (χ1n) is 5.86. The van der Waals surface area contributed by atoms with Gasteiger partial charge in [0.15, 0.2) is 0 Å². The topological polar surface area (TPSA) is 46.6 Å². The number of anilines is 1. The Hall–Kier alpha value is -1.72. The zero-order valence-electron chi connectivity index (χ0n) is 11.1. The van der Waals surface area contributed by atoms with Crippen molar-refractivity contribution in [2.45, 2.75) is 4.90 Å². The first kappa shape index (κ1) is 14.7. The van der Waals surface area contributed by atoms with Gasteiger partial charge in [0.1, 0.15) is 11.5 Å². The molecule has 20 heavy (non-hydrogen) atoms. The lowest BCUT2D eigenvalue weighted by molar-refractivity contribution is 0.482. The summed E-state index contributed by atoms with van der Waals surface area (Å²) in [7, 11) is 5.44. The second-order valence-corrected chi connectivity index (χ2v) is 6.97. The maximum atomic E-state index is 11.1. The molecule has 0 atom stereocenters. The zero-order valence-corrected chi connectivity index (χ0v) is 12.6. The molecule has 0 spiro atoms. The molecule has 0 aliphatic rings. The van der Waals surface area contributed by atoms with E-state index in [1.54, 1.807) is 12.1 Å². The Morgan fingerprint density at radius 1 is 1.00 bits per heavy atom. The fourth-order valence-corrected chi connectivity index (χ4v) is 2.40. The summed E-state index contributed by atoms with van der Waals surface area (Å²) in [6.07, 6.45) is 0. The van der Waals surface area contributed by atoms with Crippen LogP contribution in [0.25, 0.3) is 0 Å². The Morgan fingerprint density at radius 3 is 2.20 bits per heavy atom. The lowest BCUT2D eigenvalue weighted by atomic mass is 10.3. The highest BCUT2D eigenvalue weighted by Gasteiger charge is 2.09. The molecular weight excluding hydrogens is 298 g/mol. The van der Waals surface area contributed by atoms with Crippen LogP contribution in [-0.2, 0) is 9.05 Å². The van der Waals surface area contributed by atoms with Gasteiger partial charge in [-0.1, -0.05) is 6.07 Å². The highest BCUT2D eigenvalue weighted by Crippen LogP contribution is 2.26. The van der Waals surface area contributed by atoms with Gasteiger partial charge >= 0.3 is 0 Å². The van der Waals surface area contributed by atoms with E-state index in [2.05, 4.69) is 0 Å². The van der Waals surface area contributed by atoms with Crippen molar-refractivity contribution >= 4 is 25.4 Å². The second-order valence-electron chi connectivity index (χ2n) is 4.40. The van der Waals surface area contributed by atoms with Crippen LogP contribution in [0, 0.1) is 0 Å².